The fourth-order valence-electron chi connectivity index (χ4n) is 1.33. The molecule has 0 aromatic heterocycles. The van der Waals surface area contributed by atoms with Crippen LogP contribution in [0.1, 0.15) is 33.1 Å². The highest BCUT2D eigenvalue weighted by Crippen LogP contribution is 2.06. The van der Waals surface area contributed by atoms with Crippen LogP contribution in [0.25, 0.3) is 0 Å². The van der Waals surface area contributed by atoms with Crippen LogP contribution in [-0.4, -0.2) is 37.0 Å². The van der Waals surface area contributed by atoms with E-state index in [1.165, 1.54) is 38.1 Å². The normalized spacial score (nSPS) is 13.9. The second-order valence-electron chi connectivity index (χ2n) is 4.47. The molecule has 0 rings (SSSR count). The van der Waals surface area contributed by atoms with Gasteiger partial charge in [0.15, 0.2) is 0 Å². The third kappa shape index (κ3) is 10.6. The highest BCUT2D eigenvalue weighted by Gasteiger charge is 1.99. The van der Waals surface area contributed by atoms with Gasteiger partial charge in [0, 0.05) is 12.3 Å². The second kappa shape index (κ2) is 8.81. The van der Waals surface area contributed by atoms with Gasteiger partial charge in [-0.05, 0) is 32.2 Å². The lowest BCUT2D eigenvalue weighted by molar-refractivity contribution is 0.339. The van der Waals surface area contributed by atoms with E-state index < -0.39 is 0 Å². The molecule has 0 saturated carbocycles. The fourth-order valence-corrected chi connectivity index (χ4v) is 2.12. The Morgan fingerprint density at radius 2 is 1.86 bits per heavy atom. The standard InChI is InChI=1S/C11H25NS2/c1-11(2)7-5-6-8-12(3)9-10-14(4)13/h11H,5-10H2,1-4H3. The van der Waals surface area contributed by atoms with Gasteiger partial charge in [-0.3, -0.25) is 0 Å². The summed E-state index contributed by atoms with van der Waals surface area (Å²) in [7, 11) is 2.40. The summed E-state index contributed by atoms with van der Waals surface area (Å²) in [6, 6.07) is 0. The van der Waals surface area contributed by atoms with E-state index in [1.807, 2.05) is 0 Å². The summed E-state index contributed by atoms with van der Waals surface area (Å²) in [5.41, 5.74) is 0. The number of rotatable bonds is 8. The largest absolute Gasteiger partial charge is 0.306 e. The number of unbranched alkanes of at least 4 members (excludes halogenated alkanes) is 1. The van der Waals surface area contributed by atoms with E-state index in [2.05, 4.69) is 32.1 Å². The van der Waals surface area contributed by atoms with Crippen LogP contribution in [-0.2, 0) is 20.6 Å². The van der Waals surface area contributed by atoms with Gasteiger partial charge < -0.3 is 4.90 Å². The van der Waals surface area contributed by atoms with E-state index in [9.17, 15) is 0 Å². The Labute approximate surface area is 96.8 Å². The maximum Gasteiger partial charge on any atom is 0.0104 e. The van der Waals surface area contributed by atoms with Gasteiger partial charge in [0.25, 0.3) is 0 Å². The van der Waals surface area contributed by atoms with Crippen molar-refractivity contribution in [2.24, 2.45) is 5.92 Å². The minimum atomic E-state index is 0.191. The Hall–Kier alpha value is 0.530. The van der Waals surface area contributed by atoms with Gasteiger partial charge in [-0.25, -0.2) is 0 Å². The molecule has 0 spiro atoms. The van der Waals surface area contributed by atoms with Crippen molar-refractivity contribution in [3.05, 3.63) is 0 Å². The van der Waals surface area contributed by atoms with Crippen LogP contribution in [0.15, 0.2) is 0 Å². The number of hydrogen-bond acceptors (Lipinski definition) is 2. The number of hydrogen-bond donors (Lipinski definition) is 0. The molecule has 14 heavy (non-hydrogen) atoms. The zero-order valence-corrected chi connectivity index (χ0v) is 11.7. The Morgan fingerprint density at radius 3 is 2.36 bits per heavy atom. The topological polar surface area (TPSA) is 3.24 Å². The van der Waals surface area contributed by atoms with Gasteiger partial charge in [-0.15, -0.1) is 9.45 Å². The quantitative estimate of drug-likeness (QED) is 0.595. The summed E-state index contributed by atoms with van der Waals surface area (Å²) < 4.78 is 0. The molecule has 0 aliphatic carbocycles. The molecule has 0 amide bonds. The average molecular weight is 235 g/mol. The highest BCUT2D eigenvalue weighted by atomic mass is 32.8. The number of nitrogens with zero attached hydrogens (tertiary/aromatic N) is 1. The molecule has 0 aliphatic heterocycles. The lowest BCUT2D eigenvalue weighted by atomic mass is 10.1. The van der Waals surface area contributed by atoms with Crippen LogP contribution in [0.5, 0.6) is 0 Å². The molecular formula is C11H25NS2. The van der Waals surface area contributed by atoms with Crippen LogP contribution in [0.2, 0.25) is 0 Å². The predicted octanol–water partition coefficient (Wildman–Crippen LogP) is 2.45. The molecule has 3 heteroatoms. The first-order valence-corrected chi connectivity index (χ1v) is 8.23. The zero-order valence-electron chi connectivity index (χ0n) is 10.1. The molecule has 0 aromatic rings. The lowest BCUT2D eigenvalue weighted by Crippen LogP contribution is -2.24. The van der Waals surface area contributed by atoms with Crippen molar-refractivity contribution >= 4 is 20.6 Å². The third-order valence-electron chi connectivity index (χ3n) is 2.33. The van der Waals surface area contributed by atoms with Crippen molar-refractivity contribution in [3.8, 4) is 0 Å². The van der Waals surface area contributed by atoms with Gasteiger partial charge in [-0.2, -0.15) is 0 Å². The predicted molar refractivity (Wildman–Crippen MR) is 71.7 cm³/mol. The van der Waals surface area contributed by atoms with E-state index >= 15 is 0 Å². The van der Waals surface area contributed by atoms with E-state index in [1.54, 1.807) is 0 Å². The van der Waals surface area contributed by atoms with Gasteiger partial charge in [0.2, 0.25) is 0 Å². The minimum Gasteiger partial charge on any atom is -0.306 e. The molecule has 1 unspecified atom stereocenters. The second-order valence-corrected chi connectivity index (χ2v) is 7.73. The third-order valence-corrected chi connectivity index (χ3v) is 3.59. The molecule has 0 aromatic carbocycles. The molecule has 1 atom stereocenters. The van der Waals surface area contributed by atoms with E-state index in [-0.39, 0.29) is 9.45 Å². The highest BCUT2D eigenvalue weighted by molar-refractivity contribution is 8.28. The summed E-state index contributed by atoms with van der Waals surface area (Å²) in [6.07, 6.45) is 6.21. The maximum absolute atomic E-state index is 5.17. The minimum absolute atomic E-state index is 0.191. The molecule has 0 fully saturated rings. The first-order chi connectivity index (χ1) is 6.52. The molecule has 1 nitrogen and oxygen atoms in total. The van der Waals surface area contributed by atoms with Crippen molar-refractivity contribution in [3.63, 3.8) is 0 Å². The molecule has 86 valence electrons. The van der Waals surface area contributed by atoms with Gasteiger partial charge in [-0.1, -0.05) is 37.9 Å². The van der Waals surface area contributed by atoms with Crippen LogP contribution in [0, 0.1) is 5.92 Å². The van der Waals surface area contributed by atoms with Crippen molar-refractivity contribution in [2.75, 3.05) is 32.1 Å². The Balaban J connectivity index is 3.26. The fraction of sp³-hybridized carbons (Fsp3) is 1.00. The van der Waals surface area contributed by atoms with Gasteiger partial charge in [0.1, 0.15) is 0 Å². The van der Waals surface area contributed by atoms with Crippen LogP contribution in [0.3, 0.4) is 0 Å². The van der Waals surface area contributed by atoms with Crippen LogP contribution < -0.4 is 0 Å². The van der Waals surface area contributed by atoms with E-state index in [4.69, 9.17) is 11.2 Å². The SMILES string of the molecule is CC(C)CCCCN(C)CCS(C)=S. The van der Waals surface area contributed by atoms with Crippen molar-refractivity contribution < 1.29 is 0 Å². The van der Waals surface area contributed by atoms with Crippen LogP contribution in [0.4, 0.5) is 0 Å². The Kier molecular flexibility index (Phi) is 9.14. The molecular weight excluding hydrogens is 210 g/mol. The van der Waals surface area contributed by atoms with Crippen molar-refractivity contribution in [1.82, 2.24) is 4.90 Å². The van der Waals surface area contributed by atoms with Crippen LogP contribution >= 0.6 is 0 Å². The summed E-state index contributed by atoms with van der Waals surface area (Å²) >= 11 is 5.17. The first-order valence-electron chi connectivity index (χ1n) is 5.51. The van der Waals surface area contributed by atoms with E-state index in [0.29, 0.717) is 0 Å². The summed E-state index contributed by atoms with van der Waals surface area (Å²) in [6.45, 7) is 7.00. The molecule has 0 heterocycles. The molecule has 0 saturated heterocycles. The molecule has 0 aliphatic rings. The molecule has 0 bridgehead atoms. The summed E-state index contributed by atoms with van der Waals surface area (Å²) in [5, 5.41) is 0. The maximum atomic E-state index is 5.17. The summed E-state index contributed by atoms with van der Waals surface area (Å²) in [5.74, 6) is 2.03. The summed E-state index contributed by atoms with van der Waals surface area (Å²) in [4.78, 5) is 2.41. The van der Waals surface area contributed by atoms with Gasteiger partial charge in [0.05, 0.1) is 0 Å². The molecule has 0 radical (unpaired) electrons. The van der Waals surface area contributed by atoms with E-state index in [0.717, 1.165) is 5.92 Å². The lowest BCUT2D eigenvalue weighted by Gasteiger charge is -2.16. The van der Waals surface area contributed by atoms with Gasteiger partial charge >= 0.3 is 0 Å². The Bertz CT molecular complexity index is 157. The average Bonchev–Trinajstić information content (AvgIpc) is 2.08. The molecule has 0 N–H and O–H groups in total. The first kappa shape index (κ1) is 14.5. The zero-order chi connectivity index (χ0) is 11.0. The smallest absolute Gasteiger partial charge is 0.0104 e. The Morgan fingerprint density at radius 1 is 1.21 bits per heavy atom. The monoisotopic (exact) mass is 235 g/mol. The van der Waals surface area contributed by atoms with Crippen molar-refractivity contribution in [1.29, 1.82) is 0 Å². The van der Waals surface area contributed by atoms with Crippen molar-refractivity contribution in [2.45, 2.75) is 33.1 Å².